The molecule has 0 radical (unpaired) electrons. The lowest BCUT2D eigenvalue weighted by Gasteiger charge is -2.37. The van der Waals surface area contributed by atoms with Gasteiger partial charge in [0.25, 0.3) is 0 Å². The molecule has 0 N–H and O–H groups in total. The molecule has 4 rings (SSSR count). The van der Waals surface area contributed by atoms with Gasteiger partial charge in [0.05, 0.1) is 12.5 Å². The molecule has 0 aromatic heterocycles. The van der Waals surface area contributed by atoms with Gasteiger partial charge in [-0.3, -0.25) is 14.5 Å². The van der Waals surface area contributed by atoms with Crippen LogP contribution < -0.4 is 4.74 Å². The summed E-state index contributed by atoms with van der Waals surface area (Å²) in [6, 6.07) is 4.46. The summed E-state index contributed by atoms with van der Waals surface area (Å²) in [5.41, 5.74) is 0.762. The molecule has 134 valence electrons. The van der Waals surface area contributed by atoms with Crippen LogP contribution in [0.15, 0.2) is 18.2 Å². The largest absolute Gasteiger partial charge is 0.492 e. The van der Waals surface area contributed by atoms with Crippen molar-refractivity contribution in [1.82, 2.24) is 9.80 Å². The first-order valence-corrected chi connectivity index (χ1v) is 9.05. The van der Waals surface area contributed by atoms with Crippen LogP contribution in [0.5, 0.6) is 5.75 Å². The van der Waals surface area contributed by atoms with Crippen molar-refractivity contribution in [3.63, 3.8) is 0 Å². The van der Waals surface area contributed by atoms with E-state index in [1.165, 1.54) is 12.1 Å². The molecule has 1 saturated heterocycles. The lowest BCUT2D eigenvalue weighted by molar-refractivity contribution is -0.138. The fourth-order valence-electron chi connectivity index (χ4n) is 3.66. The summed E-state index contributed by atoms with van der Waals surface area (Å²) in [4.78, 5) is 28.7. The maximum absolute atomic E-state index is 13.4. The summed E-state index contributed by atoms with van der Waals surface area (Å²) in [5.74, 6) is 0.828. The van der Waals surface area contributed by atoms with E-state index in [1.807, 2.05) is 4.90 Å². The van der Waals surface area contributed by atoms with Crippen LogP contribution in [0.25, 0.3) is 0 Å². The van der Waals surface area contributed by atoms with Crippen LogP contribution in [0.1, 0.15) is 18.4 Å². The third kappa shape index (κ3) is 3.68. The van der Waals surface area contributed by atoms with Crippen molar-refractivity contribution >= 4 is 11.7 Å². The van der Waals surface area contributed by atoms with Gasteiger partial charge < -0.3 is 9.64 Å². The number of Topliss-reactive ketones (excluding diaryl/α,β-unsaturated/α-hetero) is 1. The molecular weight excluding hydrogens is 323 g/mol. The lowest BCUT2D eigenvalue weighted by atomic mass is 9.95. The van der Waals surface area contributed by atoms with E-state index in [1.54, 1.807) is 6.07 Å². The Labute approximate surface area is 146 Å². The Balaban J connectivity index is 1.31. The molecule has 0 spiro atoms. The van der Waals surface area contributed by atoms with Gasteiger partial charge in [0.1, 0.15) is 24.0 Å². The highest BCUT2D eigenvalue weighted by molar-refractivity contribution is 5.85. The van der Waals surface area contributed by atoms with E-state index in [2.05, 4.69) is 4.90 Å². The van der Waals surface area contributed by atoms with Gasteiger partial charge in [-0.1, -0.05) is 0 Å². The number of halogens is 1. The van der Waals surface area contributed by atoms with E-state index >= 15 is 0 Å². The highest BCUT2D eigenvalue weighted by atomic mass is 19.1. The second-order valence-electron chi connectivity index (χ2n) is 7.31. The Bertz CT molecular complexity index is 681. The molecule has 2 heterocycles. The zero-order chi connectivity index (χ0) is 17.4. The summed E-state index contributed by atoms with van der Waals surface area (Å²) >= 11 is 0. The number of fused-ring (bicyclic) bond motifs is 1. The van der Waals surface area contributed by atoms with Crippen LogP contribution in [0, 0.1) is 17.7 Å². The Hall–Kier alpha value is -1.95. The average molecular weight is 346 g/mol. The maximum Gasteiger partial charge on any atom is 0.229 e. The minimum Gasteiger partial charge on any atom is -0.492 e. The van der Waals surface area contributed by atoms with E-state index in [9.17, 15) is 14.0 Å². The Morgan fingerprint density at radius 2 is 1.88 bits per heavy atom. The average Bonchev–Trinajstić information content (AvgIpc) is 3.46. The molecule has 0 bridgehead atoms. The van der Waals surface area contributed by atoms with Gasteiger partial charge in [-0.2, -0.15) is 0 Å². The van der Waals surface area contributed by atoms with Crippen LogP contribution in [-0.4, -0.2) is 60.8 Å². The molecule has 1 aromatic rings. The van der Waals surface area contributed by atoms with Crippen LogP contribution >= 0.6 is 0 Å². The number of hydrogen-bond donors (Lipinski definition) is 0. The quantitative estimate of drug-likeness (QED) is 0.829. The topological polar surface area (TPSA) is 49.9 Å². The molecule has 25 heavy (non-hydrogen) atoms. The van der Waals surface area contributed by atoms with Crippen molar-refractivity contribution < 1.29 is 18.7 Å². The molecule has 5 nitrogen and oxygen atoms in total. The molecule has 1 unspecified atom stereocenters. The number of hydrogen-bond acceptors (Lipinski definition) is 4. The van der Waals surface area contributed by atoms with Gasteiger partial charge in [-0.25, -0.2) is 4.39 Å². The normalized spacial score (nSPS) is 23.7. The molecule has 2 aliphatic heterocycles. The highest BCUT2D eigenvalue weighted by Gasteiger charge is 2.34. The SMILES string of the molecule is O=C(CN1CCN(C(=O)C2COc3ccc(F)cc3C2)CC1)C1CC1. The summed E-state index contributed by atoms with van der Waals surface area (Å²) < 4.78 is 19.0. The second kappa shape index (κ2) is 6.75. The van der Waals surface area contributed by atoms with Crippen molar-refractivity contribution in [2.45, 2.75) is 19.3 Å². The second-order valence-corrected chi connectivity index (χ2v) is 7.31. The predicted octanol–water partition coefficient (Wildman–Crippen LogP) is 1.50. The van der Waals surface area contributed by atoms with E-state index in [0.717, 1.165) is 31.5 Å². The van der Waals surface area contributed by atoms with Crippen molar-refractivity contribution in [3.05, 3.63) is 29.6 Å². The monoisotopic (exact) mass is 346 g/mol. The van der Waals surface area contributed by atoms with Gasteiger partial charge in [0, 0.05) is 32.1 Å². The van der Waals surface area contributed by atoms with Crippen molar-refractivity contribution in [2.24, 2.45) is 11.8 Å². The van der Waals surface area contributed by atoms with Crippen molar-refractivity contribution in [3.8, 4) is 5.75 Å². The number of nitrogens with zero attached hydrogens (tertiary/aromatic N) is 2. The Morgan fingerprint density at radius 3 is 2.60 bits per heavy atom. The van der Waals surface area contributed by atoms with E-state index < -0.39 is 0 Å². The fraction of sp³-hybridized carbons (Fsp3) is 0.579. The Morgan fingerprint density at radius 1 is 1.12 bits per heavy atom. The molecule has 2 fully saturated rings. The van der Waals surface area contributed by atoms with E-state index in [0.29, 0.717) is 50.1 Å². The number of ketones is 1. The minimum absolute atomic E-state index is 0.0723. The number of benzene rings is 1. The minimum atomic E-state index is -0.301. The number of rotatable bonds is 4. The van der Waals surface area contributed by atoms with Gasteiger partial charge in [0.2, 0.25) is 5.91 Å². The van der Waals surface area contributed by atoms with Crippen LogP contribution in [-0.2, 0) is 16.0 Å². The van der Waals surface area contributed by atoms with Crippen molar-refractivity contribution in [2.75, 3.05) is 39.3 Å². The summed E-state index contributed by atoms with van der Waals surface area (Å²) in [7, 11) is 0. The summed E-state index contributed by atoms with van der Waals surface area (Å²) in [6.45, 7) is 3.63. The number of piperazine rings is 1. The van der Waals surface area contributed by atoms with Gasteiger partial charge in [-0.15, -0.1) is 0 Å². The zero-order valence-electron chi connectivity index (χ0n) is 14.2. The number of carbonyl (C=O) groups is 2. The van der Waals surface area contributed by atoms with Gasteiger partial charge in [0.15, 0.2) is 0 Å². The summed E-state index contributed by atoms with van der Waals surface area (Å²) in [6.07, 6.45) is 2.61. The third-order valence-electron chi connectivity index (χ3n) is 5.37. The number of ether oxygens (including phenoxy) is 1. The number of amides is 1. The third-order valence-corrected chi connectivity index (χ3v) is 5.37. The van der Waals surface area contributed by atoms with Crippen LogP contribution in [0.4, 0.5) is 4.39 Å². The first-order valence-electron chi connectivity index (χ1n) is 9.05. The zero-order valence-corrected chi connectivity index (χ0v) is 14.2. The predicted molar refractivity (Wildman–Crippen MR) is 89.8 cm³/mol. The maximum atomic E-state index is 13.4. The molecule has 3 aliphatic rings. The van der Waals surface area contributed by atoms with Crippen LogP contribution in [0.3, 0.4) is 0 Å². The van der Waals surface area contributed by atoms with Crippen LogP contribution in [0.2, 0.25) is 0 Å². The van der Waals surface area contributed by atoms with E-state index in [4.69, 9.17) is 4.74 Å². The van der Waals surface area contributed by atoms with Crippen molar-refractivity contribution in [1.29, 1.82) is 0 Å². The van der Waals surface area contributed by atoms with E-state index in [-0.39, 0.29) is 17.6 Å². The first-order chi connectivity index (χ1) is 12.1. The van der Waals surface area contributed by atoms with Gasteiger partial charge >= 0.3 is 0 Å². The molecule has 6 heteroatoms. The lowest BCUT2D eigenvalue weighted by Crippen LogP contribution is -2.52. The smallest absolute Gasteiger partial charge is 0.229 e. The molecule has 1 amide bonds. The summed E-state index contributed by atoms with van der Waals surface area (Å²) in [5, 5.41) is 0. The first kappa shape index (κ1) is 16.5. The standard InChI is InChI=1S/C19H23FN2O3/c20-16-3-4-18-14(10-16)9-15(12-25-18)19(24)22-7-5-21(6-8-22)11-17(23)13-1-2-13/h3-4,10,13,15H,1-2,5-9,11-12H2. The molecule has 1 atom stereocenters. The molecular formula is C19H23FN2O3. The molecule has 1 aliphatic carbocycles. The van der Waals surface area contributed by atoms with Gasteiger partial charge in [-0.05, 0) is 43.0 Å². The Kier molecular flexibility index (Phi) is 4.46. The fourth-order valence-corrected chi connectivity index (χ4v) is 3.66. The highest BCUT2D eigenvalue weighted by Crippen LogP contribution is 2.30. The number of carbonyl (C=O) groups excluding carboxylic acids is 2. The molecule has 1 aromatic carbocycles. The molecule has 1 saturated carbocycles.